The Balaban J connectivity index is 1.50. The van der Waals surface area contributed by atoms with Crippen LogP contribution in [0.2, 0.25) is 0 Å². The van der Waals surface area contributed by atoms with Gasteiger partial charge in [-0.25, -0.2) is 4.79 Å². The van der Waals surface area contributed by atoms with Crippen LogP contribution >= 0.6 is 11.6 Å². The Hall–Kier alpha value is -1.84. The van der Waals surface area contributed by atoms with Crippen molar-refractivity contribution in [3.63, 3.8) is 0 Å². The van der Waals surface area contributed by atoms with E-state index < -0.39 is 0 Å². The molecule has 0 amide bonds. The molecule has 1 aliphatic rings. The van der Waals surface area contributed by atoms with Gasteiger partial charge >= 0.3 is 5.97 Å². The standard InChI is InChI=1S/C19H20ClNO2/c20-18(15-7-3-1-4-8-15)14-21-12-11-17(13-21)23-19(22)16-9-5-2-6-10-16/h1-10,17-18H,11-14H2/t17?,18-/m1/s1. The van der Waals surface area contributed by atoms with E-state index in [0.29, 0.717) is 5.56 Å². The molecule has 1 fully saturated rings. The van der Waals surface area contributed by atoms with Crippen molar-refractivity contribution in [2.45, 2.75) is 17.9 Å². The van der Waals surface area contributed by atoms with E-state index in [2.05, 4.69) is 4.90 Å². The highest BCUT2D eigenvalue weighted by Gasteiger charge is 2.27. The lowest BCUT2D eigenvalue weighted by molar-refractivity contribution is 0.0322. The van der Waals surface area contributed by atoms with Gasteiger partial charge in [0.25, 0.3) is 0 Å². The highest BCUT2D eigenvalue weighted by atomic mass is 35.5. The monoisotopic (exact) mass is 329 g/mol. The molecule has 0 spiro atoms. The fourth-order valence-corrected chi connectivity index (χ4v) is 3.19. The van der Waals surface area contributed by atoms with Crippen molar-refractivity contribution in [3.05, 3.63) is 71.8 Å². The second-order valence-corrected chi connectivity index (χ2v) is 6.35. The SMILES string of the molecule is O=C(OC1CCN(C[C@@H](Cl)c2ccccc2)C1)c1ccccc1. The zero-order valence-corrected chi connectivity index (χ0v) is 13.7. The summed E-state index contributed by atoms with van der Waals surface area (Å²) >= 11 is 6.49. The number of likely N-dealkylation sites (tertiary alicyclic amines) is 1. The Kier molecular flexibility index (Phi) is 5.31. The van der Waals surface area contributed by atoms with E-state index >= 15 is 0 Å². The van der Waals surface area contributed by atoms with E-state index in [1.165, 1.54) is 0 Å². The summed E-state index contributed by atoms with van der Waals surface area (Å²) < 4.78 is 5.59. The third-order valence-corrected chi connectivity index (χ3v) is 4.48. The fraction of sp³-hybridized carbons (Fsp3) is 0.316. The van der Waals surface area contributed by atoms with Crippen LogP contribution in [0, 0.1) is 0 Å². The zero-order valence-electron chi connectivity index (χ0n) is 12.9. The maximum atomic E-state index is 12.1. The number of halogens is 1. The molecule has 1 heterocycles. The molecular formula is C19H20ClNO2. The van der Waals surface area contributed by atoms with Crippen LogP contribution in [0.5, 0.6) is 0 Å². The maximum Gasteiger partial charge on any atom is 0.338 e. The van der Waals surface area contributed by atoms with Crippen molar-refractivity contribution >= 4 is 17.6 Å². The molecule has 1 saturated heterocycles. The summed E-state index contributed by atoms with van der Waals surface area (Å²) in [4.78, 5) is 14.3. The van der Waals surface area contributed by atoms with Crippen molar-refractivity contribution in [1.82, 2.24) is 4.90 Å². The van der Waals surface area contributed by atoms with Crippen LogP contribution in [0.15, 0.2) is 60.7 Å². The van der Waals surface area contributed by atoms with E-state index in [1.54, 1.807) is 12.1 Å². The van der Waals surface area contributed by atoms with Crippen LogP contribution in [0.1, 0.15) is 27.7 Å². The molecule has 1 aliphatic heterocycles. The summed E-state index contributed by atoms with van der Waals surface area (Å²) in [5.74, 6) is -0.247. The van der Waals surface area contributed by atoms with Gasteiger partial charge < -0.3 is 4.74 Å². The maximum absolute atomic E-state index is 12.1. The van der Waals surface area contributed by atoms with Gasteiger partial charge in [-0.1, -0.05) is 48.5 Å². The largest absolute Gasteiger partial charge is 0.457 e. The number of carbonyl (C=O) groups excluding carboxylic acids is 1. The van der Waals surface area contributed by atoms with Gasteiger partial charge in [0.2, 0.25) is 0 Å². The minimum Gasteiger partial charge on any atom is -0.457 e. The Morgan fingerprint density at radius 2 is 1.78 bits per heavy atom. The van der Waals surface area contributed by atoms with Gasteiger partial charge in [0.05, 0.1) is 10.9 Å². The van der Waals surface area contributed by atoms with E-state index in [9.17, 15) is 4.79 Å². The molecule has 3 nitrogen and oxygen atoms in total. The molecule has 0 saturated carbocycles. The molecule has 120 valence electrons. The molecule has 3 rings (SSSR count). The zero-order chi connectivity index (χ0) is 16.1. The molecule has 2 atom stereocenters. The van der Waals surface area contributed by atoms with Crippen LogP contribution in [-0.2, 0) is 4.74 Å². The number of alkyl halides is 1. The van der Waals surface area contributed by atoms with Crippen molar-refractivity contribution in [3.8, 4) is 0 Å². The van der Waals surface area contributed by atoms with Gasteiger partial charge in [-0.2, -0.15) is 0 Å². The predicted octanol–water partition coefficient (Wildman–Crippen LogP) is 3.90. The summed E-state index contributed by atoms with van der Waals surface area (Å²) in [5.41, 5.74) is 1.73. The Labute approximate surface area is 141 Å². The first-order chi connectivity index (χ1) is 11.2. The minimum atomic E-state index is -0.247. The Morgan fingerprint density at radius 1 is 1.13 bits per heavy atom. The topological polar surface area (TPSA) is 29.5 Å². The number of benzene rings is 2. The molecule has 2 aromatic carbocycles. The number of rotatable bonds is 5. The third-order valence-electron chi connectivity index (χ3n) is 4.09. The second-order valence-electron chi connectivity index (χ2n) is 5.82. The normalized spacial score (nSPS) is 19.4. The van der Waals surface area contributed by atoms with Crippen LogP contribution in [0.3, 0.4) is 0 Å². The Bertz CT molecular complexity index is 632. The van der Waals surface area contributed by atoms with E-state index in [0.717, 1.165) is 31.6 Å². The number of carbonyl (C=O) groups is 1. The van der Waals surface area contributed by atoms with E-state index in [4.69, 9.17) is 16.3 Å². The van der Waals surface area contributed by atoms with Crippen molar-refractivity contribution in [2.24, 2.45) is 0 Å². The van der Waals surface area contributed by atoms with E-state index in [-0.39, 0.29) is 17.5 Å². The summed E-state index contributed by atoms with van der Waals surface area (Å²) in [6, 6.07) is 19.2. The number of ether oxygens (including phenoxy) is 1. The van der Waals surface area contributed by atoms with Crippen molar-refractivity contribution < 1.29 is 9.53 Å². The summed E-state index contributed by atoms with van der Waals surface area (Å²) in [6.07, 6.45) is 0.805. The highest BCUT2D eigenvalue weighted by molar-refractivity contribution is 6.21. The number of esters is 1. The third kappa shape index (κ3) is 4.34. The fourth-order valence-electron chi connectivity index (χ4n) is 2.85. The summed E-state index contributed by atoms with van der Waals surface area (Å²) in [5, 5.41) is -0.0419. The average Bonchev–Trinajstić information content (AvgIpc) is 3.03. The van der Waals surface area contributed by atoms with Gasteiger partial charge in [0.1, 0.15) is 6.10 Å². The van der Waals surface area contributed by atoms with Crippen LogP contribution < -0.4 is 0 Å². The number of hydrogen-bond donors (Lipinski definition) is 0. The van der Waals surface area contributed by atoms with Crippen LogP contribution in [0.25, 0.3) is 0 Å². The van der Waals surface area contributed by atoms with Crippen molar-refractivity contribution in [2.75, 3.05) is 19.6 Å². The molecular weight excluding hydrogens is 310 g/mol. The molecule has 23 heavy (non-hydrogen) atoms. The summed E-state index contributed by atoms with van der Waals surface area (Å²) in [7, 11) is 0. The Morgan fingerprint density at radius 3 is 2.48 bits per heavy atom. The molecule has 0 radical (unpaired) electrons. The predicted molar refractivity (Wildman–Crippen MR) is 91.7 cm³/mol. The van der Waals surface area contributed by atoms with Gasteiger partial charge in [-0.05, 0) is 24.1 Å². The molecule has 2 aromatic rings. The molecule has 0 N–H and O–H groups in total. The lowest BCUT2D eigenvalue weighted by Crippen LogP contribution is -2.27. The van der Waals surface area contributed by atoms with Gasteiger partial charge in [0, 0.05) is 19.6 Å². The molecule has 1 unspecified atom stereocenters. The molecule has 4 heteroatoms. The van der Waals surface area contributed by atoms with Gasteiger partial charge in [0.15, 0.2) is 0 Å². The summed E-state index contributed by atoms with van der Waals surface area (Å²) in [6.45, 7) is 2.42. The van der Waals surface area contributed by atoms with Crippen LogP contribution in [-0.4, -0.2) is 36.6 Å². The molecule has 0 aliphatic carbocycles. The smallest absolute Gasteiger partial charge is 0.338 e. The highest BCUT2D eigenvalue weighted by Crippen LogP contribution is 2.24. The van der Waals surface area contributed by atoms with Crippen LogP contribution in [0.4, 0.5) is 0 Å². The first kappa shape index (κ1) is 16.0. The first-order valence-corrected chi connectivity index (χ1v) is 8.33. The van der Waals surface area contributed by atoms with Gasteiger partial charge in [-0.15, -0.1) is 11.6 Å². The minimum absolute atomic E-state index is 0.0419. The first-order valence-electron chi connectivity index (χ1n) is 7.90. The van der Waals surface area contributed by atoms with Crippen molar-refractivity contribution in [1.29, 1.82) is 0 Å². The van der Waals surface area contributed by atoms with Gasteiger partial charge in [-0.3, -0.25) is 4.90 Å². The molecule has 0 bridgehead atoms. The van der Waals surface area contributed by atoms with E-state index in [1.807, 2.05) is 48.5 Å². The number of nitrogens with zero attached hydrogens (tertiary/aromatic N) is 1. The quantitative estimate of drug-likeness (QED) is 0.615. The molecule has 0 aromatic heterocycles. The lowest BCUT2D eigenvalue weighted by atomic mass is 10.1. The second kappa shape index (κ2) is 7.62. The average molecular weight is 330 g/mol. The number of hydrogen-bond acceptors (Lipinski definition) is 3. The lowest BCUT2D eigenvalue weighted by Gasteiger charge is -2.19.